The van der Waals surface area contributed by atoms with Crippen LogP contribution in [0.15, 0.2) is 60.0 Å². The summed E-state index contributed by atoms with van der Waals surface area (Å²) < 4.78 is 5.34. The fraction of sp³-hybridized carbons (Fsp3) is 0.111. The molecule has 1 aliphatic carbocycles. The van der Waals surface area contributed by atoms with Gasteiger partial charge in [-0.25, -0.2) is 0 Å². The Balaban J connectivity index is 2.08. The van der Waals surface area contributed by atoms with Gasteiger partial charge in [-0.05, 0) is 34.7 Å². The summed E-state index contributed by atoms with van der Waals surface area (Å²) in [4.78, 5) is 0.932. The van der Waals surface area contributed by atoms with E-state index in [2.05, 4.69) is 6.07 Å². The van der Waals surface area contributed by atoms with Crippen molar-refractivity contribution in [3.8, 4) is 16.9 Å². The van der Waals surface area contributed by atoms with Crippen molar-refractivity contribution in [2.24, 2.45) is 0 Å². The summed E-state index contributed by atoms with van der Waals surface area (Å²) in [5.41, 5.74) is 2.91. The van der Waals surface area contributed by atoms with Crippen molar-refractivity contribution in [3.05, 3.63) is 76.0 Å². The van der Waals surface area contributed by atoms with E-state index < -0.39 is 5.60 Å². The van der Waals surface area contributed by atoms with Gasteiger partial charge in [0, 0.05) is 16.0 Å². The number of hydrogen-bond acceptors (Lipinski definition) is 3. The highest BCUT2D eigenvalue weighted by molar-refractivity contribution is 7.10. The molecule has 0 amide bonds. The van der Waals surface area contributed by atoms with Crippen LogP contribution >= 0.6 is 11.3 Å². The SMILES string of the molecule is COc1ccc2c(c1)C(O)(c1cccs1)c1ccccc1-2. The fourth-order valence-electron chi connectivity index (χ4n) is 3.11. The van der Waals surface area contributed by atoms with Gasteiger partial charge >= 0.3 is 0 Å². The molecule has 1 aromatic heterocycles. The van der Waals surface area contributed by atoms with E-state index in [9.17, 15) is 5.11 Å². The Morgan fingerprint density at radius 1 is 0.952 bits per heavy atom. The predicted molar refractivity (Wildman–Crippen MR) is 84.8 cm³/mol. The maximum absolute atomic E-state index is 11.5. The number of thiophene rings is 1. The number of aliphatic hydroxyl groups is 1. The van der Waals surface area contributed by atoms with E-state index in [0.717, 1.165) is 32.9 Å². The third-order valence-electron chi connectivity index (χ3n) is 4.10. The molecule has 1 atom stereocenters. The second-order valence-corrected chi connectivity index (χ2v) is 6.09. The fourth-order valence-corrected chi connectivity index (χ4v) is 3.96. The number of benzene rings is 2. The molecule has 4 rings (SSSR count). The minimum Gasteiger partial charge on any atom is -0.497 e. The summed E-state index contributed by atoms with van der Waals surface area (Å²) in [6.07, 6.45) is 0. The Morgan fingerprint density at radius 2 is 1.76 bits per heavy atom. The minimum atomic E-state index is -1.09. The standard InChI is InChI=1S/C18H14O2S/c1-20-12-8-9-14-13-5-2-3-6-15(13)18(19,16(14)11-12)17-7-4-10-21-17/h2-11,19H,1H3. The largest absolute Gasteiger partial charge is 0.497 e. The number of methoxy groups -OCH3 is 1. The summed E-state index contributed by atoms with van der Waals surface area (Å²) in [6.45, 7) is 0. The Bertz CT molecular complexity index is 808. The van der Waals surface area contributed by atoms with Crippen LogP contribution in [0, 0.1) is 0 Å². The van der Waals surface area contributed by atoms with Gasteiger partial charge in [-0.3, -0.25) is 0 Å². The zero-order chi connectivity index (χ0) is 14.4. The van der Waals surface area contributed by atoms with Crippen LogP contribution in [0.3, 0.4) is 0 Å². The Morgan fingerprint density at radius 3 is 2.52 bits per heavy atom. The zero-order valence-electron chi connectivity index (χ0n) is 11.5. The van der Waals surface area contributed by atoms with Crippen LogP contribution in [0.1, 0.15) is 16.0 Å². The first-order chi connectivity index (χ1) is 10.2. The van der Waals surface area contributed by atoms with Crippen molar-refractivity contribution in [2.45, 2.75) is 5.60 Å². The molecule has 3 aromatic rings. The highest BCUT2D eigenvalue weighted by atomic mass is 32.1. The van der Waals surface area contributed by atoms with E-state index in [4.69, 9.17) is 4.74 Å². The summed E-state index contributed by atoms with van der Waals surface area (Å²) in [5.74, 6) is 0.761. The highest BCUT2D eigenvalue weighted by Gasteiger charge is 2.43. The monoisotopic (exact) mass is 294 g/mol. The number of fused-ring (bicyclic) bond motifs is 3. The van der Waals surface area contributed by atoms with E-state index in [1.807, 2.05) is 53.9 Å². The second kappa shape index (κ2) is 4.45. The maximum Gasteiger partial charge on any atom is 0.150 e. The van der Waals surface area contributed by atoms with Crippen molar-refractivity contribution < 1.29 is 9.84 Å². The molecule has 0 aliphatic heterocycles. The molecule has 21 heavy (non-hydrogen) atoms. The van der Waals surface area contributed by atoms with E-state index >= 15 is 0 Å². The Hall–Kier alpha value is -2.10. The Labute approximate surface area is 127 Å². The summed E-state index contributed by atoms with van der Waals surface area (Å²) in [5, 5.41) is 13.5. The molecule has 0 fully saturated rings. The van der Waals surface area contributed by atoms with Crippen molar-refractivity contribution in [2.75, 3.05) is 7.11 Å². The number of ether oxygens (including phenoxy) is 1. The predicted octanol–water partition coefficient (Wildman–Crippen LogP) is 4.02. The van der Waals surface area contributed by atoms with Crippen LogP contribution in [0.25, 0.3) is 11.1 Å². The van der Waals surface area contributed by atoms with Gasteiger partial charge in [0.15, 0.2) is 5.60 Å². The van der Waals surface area contributed by atoms with Crippen molar-refractivity contribution in [1.82, 2.24) is 0 Å². The van der Waals surface area contributed by atoms with E-state index in [1.165, 1.54) is 0 Å². The molecule has 3 heteroatoms. The lowest BCUT2D eigenvalue weighted by molar-refractivity contribution is 0.134. The van der Waals surface area contributed by atoms with E-state index in [0.29, 0.717) is 0 Å². The number of rotatable bonds is 2. The Kier molecular flexibility index (Phi) is 2.67. The first-order valence-corrected chi connectivity index (χ1v) is 7.68. The van der Waals surface area contributed by atoms with Crippen molar-refractivity contribution in [1.29, 1.82) is 0 Å². The van der Waals surface area contributed by atoms with E-state index in [-0.39, 0.29) is 0 Å². The second-order valence-electron chi connectivity index (χ2n) is 5.14. The average molecular weight is 294 g/mol. The van der Waals surface area contributed by atoms with Gasteiger partial charge in [0.2, 0.25) is 0 Å². The van der Waals surface area contributed by atoms with Gasteiger partial charge in [-0.2, -0.15) is 0 Å². The molecule has 2 aromatic carbocycles. The van der Waals surface area contributed by atoms with Gasteiger partial charge in [-0.15, -0.1) is 11.3 Å². The summed E-state index contributed by atoms with van der Waals surface area (Å²) >= 11 is 1.57. The van der Waals surface area contributed by atoms with Gasteiger partial charge in [0.25, 0.3) is 0 Å². The minimum absolute atomic E-state index is 0.761. The lowest BCUT2D eigenvalue weighted by atomic mass is 9.90. The number of hydrogen-bond donors (Lipinski definition) is 1. The van der Waals surface area contributed by atoms with Gasteiger partial charge < -0.3 is 9.84 Å². The molecule has 104 valence electrons. The van der Waals surface area contributed by atoms with Crippen LogP contribution in [0.5, 0.6) is 5.75 Å². The van der Waals surface area contributed by atoms with Gasteiger partial charge in [-0.1, -0.05) is 36.4 Å². The third kappa shape index (κ3) is 1.62. The maximum atomic E-state index is 11.5. The van der Waals surface area contributed by atoms with Crippen LogP contribution in [-0.4, -0.2) is 12.2 Å². The average Bonchev–Trinajstić information content (AvgIpc) is 3.15. The molecule has 0 spiro atoms. The zero-order valence-corrected chi connectivity index (χ0v) is 12.4. The molecular formula is C18H14O2S. The van der Waals surface area contributed by atoms with Crippen molar-refractivity contribution in [3.63, 3.8) is 0 Å². The summed E-state index contributed by atoms with van der Waals surface area (Å²) in [6, 6.07) is 17.9. The molecular weight excluding hydrogens is 280 g/mol. The third-order valence-corrected chi connectivity index (χ3v) is 5.08. The van der Waals surface area contributed by atoms with Crippen molar-refractivity contribution >= 4 is 11.3 Å². The lowest BCUT2D eigenvalue weighted by Gasteiger charge is -2.24. The van der Waals surface area contributed by atoms with Gasteiger partial charge in [0.1, 0.15) is 5.75 Å². The normalized spacial score (nSPS) is 19.1. The van der Waals surface area contributed by atoms with Crippen LogP contribution in [0.2, 0.25) is 0 Å². The molecule has 0 saturated heterocycles. The van der Waals surface area contributed by atoms with Crippen LogP contribution < -0.4 is 4.74 Å². The first-order valence-electron chi connectivity index (χ1n) is 6.80. The first kappa shape index (κ1) is 12.6. The highest BCUT2D eigenvalue weighted by Crippen LogP contribution is 2.52. The molecule has 1 unspecified atom stereocenters. The summed E-state index contributed by atoms with van der Waals surface area (Å²) in [7, 11) is 1.65. The molecule has 0 bridgehead atoms. The quantitative estimate of drug-likeness (QED) is 0.773. The molecule has 0 radical (unpaired) electrons. The molecule has 2 nitrogen and oxygen atoms in total. The molecule has 1 N–H and O–H groups in total. The topological polar surface area (TPSA) is 29.5 Å². The smallest absolute Gasteiger partial charge is 0.150 e. The van der Waals surface area contributed by atoms with E-state index in [1.54, 1.807) is 18.4 Å². The molecule has 0 saturated carbocycles. The van der Waals surface area contributed by atoms with Gasteiger partial charge in [0.05, 0.1) is 7.11 Å². The molecule has 1 aliphatic rings. The lowest BCUT2D eigenvalue weighted by Crippen LogP contribution is -2.24. The van der Waals surface area contributed by atoms with Crippen LogP contribution in [0.4, 0.5) is 0 Å². The van der Waals surface area contributed by atoms with Crippen LogP contribution in [-0.2, 0) is 5.60 Å². The molecule has 1 heterocycles.